The predicted octanol–water partition coefficient (Wildman–Crippen LogP) is 3.23. The van der Waals surface area contributed by atoms with Crippen molar-refractivity contribution in [1.29, 1.82) is 0 Å². The Morgan fingerprint density at radius 2 is 2.16 bits per heavy atom. The van der Waals surface area contributed by atoms with Crippen LogP contribution in [0.3, 0.4) is 0 Å². The Bertz CT molecular complexity index is 741. The van der Waals surface area contributed by atoms with Crippen molar-refractivity contribution in [3.05, 3.63) is 41.6 Å². The van der Waals surface area contributed by atoms with E-state index in [1.54, 1.807) is 21.0 Å². The van der Waals surface area contributed by atoms with Crippen LogP contribution in [0.25, 0.3) is 0 Å². The molecular weight excluding hydrogens is 320 g/mol. The maximum Gasteiger partial charge on any atom is 0.276 e. The molecule has 3 rings (SSSR count). The van der Waals surface area contributed by atoms with Crippen LogP contribution in [0.1, 0.15) is 35.0 Å². The predicted molar refractivity (Wildman–Crippen MR) is 93.1 cm³/mol. The maximum atomic E-state index is 12.7. The second-order valence-corrected chi connectivity index (χ2v) is 6.39. The van der Waals surface area contributed by atoms with Gasteiger partial charge in [-0.05, 0) is 31.9 Å². The van der Waals surface area contributed by atoms with Crippen molar-refractivity contribution >= 4 is 5.91 Å². The highest BCUT2D eigenvalue weighted by Crippen LogP contribution is 2.23. The van der Waals surface area contributed by atoms with Gasteiger partial charge in [-0.1, -0.05) is 6.07 Å². The van der Waals surface area contributed by atoms with Crippen molar-refractivity contribution in [2.75, 3.05) is 26.8 Å². The van der Waals surface area contributed by atoms with Gasteiger partial charge in [0, 0.05) is 32.0 Å². The molecule has 0 unspecified atom stereocenters. The number of methoxy groups -OCH3 is 1. The van der Waals surface area contributed by atoms with Gasteiger partial charge in [-0.25, -0.2) is 4.98 Å². The molecule has 6 heteroatoms. The Morgan fingerprint density at radius 1 is 1.36 bits per heavy atom. The molecule has 0 aliphatic carbocycles. The third-order valence-corrected chi connectivity index (χ3v) is 4.44. The SMILES string of the molecule is COc1cccc(OC[C@@H]2CCCN(C(=O)c3nc(C)oc3C)C2)c1. The van der Waals surface area contributed by atoms with Crippen LogP contribution in [0.15, 0.2) is 28.7 Å². The van der Waals surface area contributed by atoms with E-state index in [0.717, 1.165) is 30.9 Å². The third kappa shape index (κ3) is 4.13. The number of benzene rings is 1. The topological polar surface area (TPSA) is 64.8 Å². The fourth-order valence-corrected chi connectivity index (χ4v) is 3.17. The average molecular weight is 344 g/mol. The van der Waals surface area contributed by atoms with Gasteiger partial charge in [-0.2, -0.15) is 0 Å². The largest absolute Gasteiger partial charge is 0.497 e. The third-order valence-electron chi connectivity index (χ3n) is 4.44. The van der Waals surface area contributed by atoms with Gasteiger partial charge in [0.1, 0.15) is 17.3 Å². The molecule has 134 valence electrons. The van der Waals surface area contributed by atoms with E-state index in [9.17, 15) is 4.79 Å². The van der Waals surface area contributed by atoms with Crippen LogP contribution < -0.4 is 9.47 Å². The lowest BCUT2D eigenvalue weighted by molar-refractivity contribution is 0.0626. The van der Waals surface area contributed by atoms with Crippen LogP contribution in [0.2, 0.25) is 0 Å². The van der Waals surface area contributed by atoms with Crippen molar-refractivity contribution in [3.63, 3.8) is 0 Å². The molecule has 0 N–H and O–H groups in total. The minimum Gasteiger partial charge on any atom is -0.497 e. The fourth-order valence-electron chi connectivity index (χ4n) is 3.17. The first-order chi connectivity index (χ1) is 12.1. The molecular formula is C19H24N2O4. The fraction of sp³-hybridized carbons (Fsp3) is 0.474. The molecule has 1 aromatic heterocycles. The molecule has 1 amide bonds. The first kappa shape index (κ1) is 17.3. The molecule has 2 heterocycles. The van der Waals surface area contributed by atoms with Gasteiger partial charge in [0.2, 0.25) is 0 Å². The Hall–Kier alpha value is -2.50. The summed E-state index contributed by atoms with van der Waals surface area (Å²) in [6.45, 7) is 5.53. The summed E-state index contributed by atoms with van der Waals surface area (Å²) in [4.78, 5) is 18.8. The molecule has 1 aliphatic heterocycles. The van der Waals surface area contributed by atoms with Gasteiger partial charge in [0.05, 0.1) is 13.7 Å². The van der Waals surface area contributed by atoms with Gasteiger partial charge in [0.15, 0.2) is 11.6 Å². The molecule has 6 nitrogen and oxygen atoms in total. The first-order valence-corrected chi connectivity index (χ1v) is 8.57. The number of nitrogens with zero attached hydrogens (tertiary/aromatic N) is 2. The Labute approximate surface area is 147 Å². The minimum atomic E-state index is -0.0552. The van der Waals surface area contributed by atoms with Crippen LogP contribution in [0.5, 0.6) is 11.5 Å². The van der Waals surface area contributed by atoms with Crippen LogP contribution in [-0.2, 0) is 0 Å². The van der Waals surface area contributed by atoms with Crippen LogP contribution in [0.4, 0.5) is 0 Å². The van der Waals surface area contributed by atoms with E-state index in [-0.39, 0.29) is 5.91 Å². The highest BCUT2D eigenvalue weighted by molar-refractivity contribution is 5.93. The van der Waals surface area contributed by atoms with Crippen molar-refractivity contribution in [2.24, 2.45) is 5.92 Å². The number of ether oxygens (including phenoxy) is 2. The van der Waals surface area contributed by atoms with E-state index in [1.165, 1.54) is 0 Å². The number of piperidine rings is 1. The number of hydrogen-bond donors (Lipinski definition) is 0. The molecule has 1 atom stereocenters. The molecule has 2 aromatic rings. The van der Waals surface area contributed by atoms with E-state index in [4.69, 9.17) is 13.9 Å². The molecule has 0 radical (unpaired) electrons. The molecule has 1 saturated heterocycles. The van der Waals surface area contributed by atoms with Crippen molar-refractivity contribution in [3.8, 4) is 11.5 Å². The Kier molecular flexibility index (Phi) is 5.26. The van der Waals surface area contributed by atoms with Gasteiger partial charge >= 0.3 is 0 Å². The van der Waals surface area contributed by atoms with E-state index in [2.05, 4.69) is 4.98 Å². The van der Waals surface area contributed by atoms with E-state index in [1.807, 2.05) is 29.2 Å². The average Bonchev–Trinajstić information content (AvgIpc) is 2.98. The summed E-state index contributed by atoms with van der Waals surface area (Å²) in [5.41, 5.74) is 0.423. The summed E-state index contributed by atoms with van der Waals surface area (Å²) in [6, 6.07) is 7.57. The minimum absolute atomic E-state index is 0.0552. The second-order valence-electron chi connectivity index (χ2n) is 6.39. The zero-order valence-corrected chi connectivity index (χ0v) is 14.9. The number of oxazole rings is 1. The lowest BCUT2D eigenvalue weighted by Crippen LogP contribution is -2.42. The summed E-state index contributed by atoms with van der Waals surface area (Å²) in [7, 11) is 1.64. The molecule has 0 spiro atoms. The Balaban J connectivity index is 1.59. The summed E-state index contributed by atoms with van der Waals surface area (Å²) < 4.78 is 16.5. The molecule has 0 saturated carbocycles. The lowest BCUT2D eigenvalue weighted by Gasteiger charge is -2.32. The number of rotatable bonds is 5. The van der Waals surface area contributed by atoms with Gasteiger partial charge in [-0.3, -0.25) is 4.79 Å². The van der Waals surface area contributed by atoms with E-state index >= 15 is 0 Å². The number of carbonyl (C=O) groups is 1. The van der Waals surface area contributed by atoms with E-state index in [0.29, 0.717) is 36.4 Å². The summed E-state index contributed by atoms with van der Waals surface area (Å²) in [5.74, 6) is 2.91. The zero-order chi connectivity index (χ0) is 17.8. The van der Waals surface area contributed by atoms with Crippen LogP contribution in [0, 0.1) is 19.8 Å². The van der Waals surface area contributed by atoms with Crippen molar-refractivity contribution in [1.82, 2.24) is 9.88 Å². The standard InChI is InChI=1S/C19H24N2O4/c1-13-18(20-14(2)25-13)19(22)21-9-5-6-15(11-21)12-24-17-8-4-7-16(10-17)23-3/h4,7-8,10,15H,5-6,9,11-12H2,1-3H3/t15-/m1/s1. The quantitative estimate of drug-likeness (QED) is 0.833. The van der Waals surface area contributed by atoms with Crippen molar-refractivity contribution < 1.29 is 18.7 Å². The molecule has 1 aliphatic rings. The van der Waals surface area contributed by atoms with Gasteiger partial charge in [-0.15, -0.1) is 0 Å². The van der Waals surface area contributed by atoms with Crippen molar-refractivity contribution in [2.45, 2.75) is 26.7 Å². The molecule has 1 fully saturated rings. The highest BCUT2D eigenvalue weighted by Gasteiger charge is 2.28. The molecule has 25 heavy (non-hydrogen) atoms. The van der Waals surface area contributed by atoms with Crippen LogP contribution >= 0.6 is 0 Å². The Morgan fingerprint density at radius 3 is 2.88 bits per heavy atom. The summed E-state index contributed by atoms with van der Waals surface area (Å²) in [5, 5.41) is 0. The molecule has 0 bridgehead atoms. The smallest absolute Gasteiger partial charge is 0.276 e. The van der Waals surface area contributed by atoms with Crippen LogP contribution in [-0.4, -0.2) is 42.6 Å². The number of amides is 1. The van der Waals surface area contributed by atoms with E-state index < -0.39 is 0 Å². The number of likely N-dealkylation sites (tertiary alicyclic amines) is 1. The normalized spacial score (nSPS) is 17.4. The maximum absolute atomic E-state index is 12.7. The number of carbonyl (C=O) groups excluding carboxylic acids is 1. The highest BCUT2D eigenvalue weighted by atomic mass is 16.5. The monoisotopic (exact) mass is 344 g/mol. The lowest BCUT2D eigenvalue weighted by atomic mass is 9.98. The summed E-state index contributed by atoms with van der Waals surface area (Å²) >= 11 is 0. The number of hydrogen-bond acceptors (Lipinski definition) is 5. The molecule has 1 aromatic carbocycles. The summed E-state index contributed by atoms with van der Waals surface area (Å²) in [6.07, 6.45) is 2.01. The first-order valence-electron chi connectivity index (χ1n) is 8.57. The van der Waals surface area contributed by atoms with Gasteiger partial charge < -0.3 is 18.8 Å². The van der Waals surface area contributed by atoms with Gasteiger partial charge in [0.25, 0.3) is 5.91 Å². The number of aromatic nitrogens is 1. The second kappa shape index (κ2) is 7.59. The number of aryl methyl sites for hydroxylation is 2. The zero-order valence-electron chi connectivity index (χ0n) is 14.9.